The lowest BCUT2D eigenvalue weighted by molar-refractivity contribution is 0.710. The van der Waals surface area contributed by atoms with E-state index in [1.807, 2.05) is 30.5 Å². The summed E-state index contributed by atoms with van der Waals surface area (Å²) in [7, 11) is 0. The van der Waals surface area contributed by atoms with Crippen molar-refractivity contribution in [1.82, 2.24) is 9.97 Å². The fraction of sp³-hybridized carbons (Fsp3) is 0.333. The fourth-order valence-corrected chi connectivity index (χ4v) is 1.58. The van der Waals surface area contributed by atoms with Gasteiger partial charge in [-0.2, -0.15) is 0 Å². The van der Waals surface area contributed by atoms with E-state index in [9.17, 15) is 0 Å². The van der Waals surface area contributed by atoms with Gasteiger partial charge in [0.05, 0.1) is 5.52 Å². The largest absolute Gasteiger partial charge is 0.352 e. The van der Waals surface area contributed by atoms with E-state index >= 15 is 0 Å². The second-order valence-electron chi connectivity index (χ2n) is 3.88. The molecule has 2 rings (SSSR count). The summed E-state index contributed by atoms with van der Waals surface area (Å²) < 4.78 is 0. The SMILES string of the molecule is CC(CCN)Nc1ncc2ccccc2n1. The molecule has 0 saturated carbocycles. The van der Waals surface area contributed by atoms with Crippen LogP contribution in [0.1, 0.15) is 13.3 Å². The van der Waals surface area contributed by atoms with Crippen molar-refractivity contribution in [2.24, 2.45) is 5.73 Å². The molecule has 0 aliphatic heterocycles. The third-order valence-electron chi connectivity index (χ3n) is 2.46. The van der Waals surface area contributed by atoms with Gasteiger partial charge in [-0.15, -0.1) is 0 Å². The van der Waals surface area contributed by atoms with Crippen molar-refractivity contribution < 1.29 is 0 Å². The Kier molecular flexibility index (Phi) is 3.31. The molecule has 1 atom stereocenters. The van der Waals surface area contributed by atoms with Crippen molar-refractivity contribution in [3.63, 3.8) is 0 Å². The highest BCUT2D eigenvalue weighted by atomic mass is 15.1. The molecule has 0 aliphatic rings. The van der Waals surface area contributed by atoms with Crippen molar-refractivity contribution in [3.05, 3.63) is 30.5 Å². The van der Waals surface area contributed by atoms with E-state index in [4.69, 9.17) is 5.73 Å². The summed E-state index contributed by atoms with van der Waals surface area (Å²) in [6, 6.07) is 8.24. The van der Waals surface area contributed by atoms with Crippen LogP contribution in [0.5, 0.6) is 0 Å². The first-order chi connectivity index (χ1) is 7.79. The zero-order valence-electron chi connectivity index (χ0n) is 9.35. The van der Waals surface area contributed by atoms with Crippen molar-refractivity contribution in [3.8, 4) is 0 Å². The van der Waals surface area contributed by atoms with E-state index in [0.717, 1.165) is 17.3 Å². The number of benzene rings is 1. The Hall–Kier alpha value is -1.68. The molecule has 16 heavy (non-hydrogen) atoms. The van der Waals surface area contributed by atoms with Gasteiger partial charge < -0.3 is 11.1 Å². The van der Waals surface area contributed by atoms with Crippen LogP contribution in [0, 0.1) is 0 Å². The minimum Gasteiger partial charge on any atom is -0.352 e. The highest BCUT2D eigenvalue weighted by molar-refractivity contribution is 5.78. The Morgan fingerprint density at radius 2 is 2.19 bits per heavy atom. The number of para-hydroxylation sites is 1. The highest BCUT2D eigenvalue weighted by Gasteiger charge is 2.03. The van der Waals surface area contributed by atoms with Crippen LogP contribution in [0.25, 0.3) is 10.9 Å². The van der Waals surface area contributed by atoms with Crippen LogP contribution < -0.4 is 11.1 Å². The molecule has 84 valence electrons. The van der Waals surface area contributed by atoms with Crippen molar-refractivity contribution in [2.75, 3.05) is 11.9 Å². The molecule has 0 radical (unpaired) electrons. The van der Waals surface area contributed by atoms with Gasteiger partial charge >= 0.3 is 0 Å². The van der Waals surface area contributed by atoms with Crippen LogP contribution in [0.15, 0.2) is 30.5 Å². The molecule has 3 N–H and O–H groups in total. The van der Waals surface area contributed by atoms with Crippen LogP contribution in [0.4, 0.5) is 5.95 Å². The van der Waals surface area contributed by atoms with E-state index in [1.54, 1.807) is 0 Å². The van der Waals surface area contributed by atoms with Crippen LogP contribution in [0.2, 0.25) is 0 Å². The summed E-state index contributed by atoms with van der Waals surface area (Å²) in [6.07, 6.45) is 2.75. The summed E-state index contributed by atoms with van der Waals surface area (Å²) in [5, 5.41) is 4.29. The molecule has 0 fully saturated rings. The van der Waals surface area contributed by atoms with Gasteiger partial charge in [-0.05, 0) is 26.0 Å². The first-order valence-corrected chi connectivity index (χ1v) is 5.48. The molecule has 0 spiro atoms. The molecule has 2 aromatic rings. The smallest absolute Gasteiger partial charge is 0.223 e. The maximum atomic E-state index is 5.49. The molecule has 0 amide bonds. The van der Waals surface area contributed by atoms with Gasteiger partial charge in [0.25, 0.3) is 0 Å². The van der Waals surface area contributed by atoms with E-state index < -0.39 is 0 Å². The standard InChI is InChI=1S/C12H16N4/c1-9(6-7-13)15-12-14-8-10-4-2-3-5-11(10)16-12/h2-5,8-9H,6-7,13H2,1H3,(H,14,15,16). The van der Waals surface area contributed by atoms with E-state index in [1.165, 1.54) is 0 Å². The second-order valence-corrected chi connectivity index (χ2v) is 3.88. The normalized spacial score (nSPS) is 12.6. The van der Waals surface area contributed by atoms with E-state index in [0.29, 0.717) is 18.5 Å². The third kappa shape index (κ3) is 2.46. The van der Waals surface area contributed by atoms with Crippen LogP contribution in [-0.4, -0.2) is 22.6 Å². The summed E-state index contributed by atoms with van der Waals surface area (Å²) in [6.45, 7) is 2.74. The minimum absolute atomic E-state index is 0.297. The van der Waals surface area contributed by atoms with Gasteiger partial charge in [0.15, 0.2) is 0 Å². The molecule has 4 nitrogen and oxygen atoms in total. The Balaban J connectivity index is 2.19. The third-order valence-corrected chi connectivity index (χ3v) is 2.46. The molecule has 1 aromatic heterocycles. The number of anilines is 1. The zero-order valence-corrected chi connectivity index (χ0v) is 9.35. The molecular weight excluding hydrogens is 200 g/mol. The Labute approximate surface area is 94.9 Å². The Morgan fingerprint density at radius 3 is 3.00 bits per heavy atom. The Bertz CT molecular complexity index is 469. The Morgan fingerprint density at radius 1 is 1.38 bits per heavy atom. The van der Waals surface area contributed by atoms with Gasteiger partial charge in [-0.25, -0.2) is 9.97 Å². The molecule has 1 heterocycles. The van der Waals surface area contributed by atoms with Gasteiger partial charge in [-0.1, -0.05) is 18.2 Å². The number of nitrogens with two attached hydrogens (primary N) is 1. The molecule has 0 bridgehead atoms. The van der Waals surface area contributed by atoms with Gasteiger partial charge in [0.1, 0.15) is 0 Å². The zero-order chi connectivity index (χ0) is 11.4. The van der Waals surface area contributed by atoms with Crippen LogP contribution in [-0.2, 0) is 0 Å². The molecule has 1 aromatic carbocycles. The number of rotatable bonds is 4. The molecule has 1 unspecified atom stereocenters. The number of hydrogen-bond acceptors (Lipinski definition) is 4. The average Bonchev–Trinajstić information content (AvgIpc) is 2.29. The van der Waals surface area contributed by atoms with Gasteiger partial charge in [0.2, 0.25) is 5.95 Å². The second kappa shape index (κ2) is 4.90. The highest BCUT2D eigenvalue weighted by Crippen LogP contribution is 2.12. The van der Waals surface area contributed by atoms with Gasteiger partial charge in [-0.3, -0.25) is 0 Å². The summed E-state index contributed by atoms with van der Waals surface area (Å²) in [4.78, 5) is 8.70. The first-order valence-electron chi connectivity index (χ1n) is 5.48. The fourth-order valence-electron chi connectivity index (χ4n) is 1.58. The summed E-state index contributed by atoms with van der Waals surface area (Å²) in [5.41, 5.74) is 6.45. The van der Waals surface area contributed by atoms with Crippen molar-refractivity contribution in [1.29, 1.82) is 0 Å². The lowest BCUT2D eigenvalue weighted by Gasteiger charge is -2.12. The van der Waals surface area contributed by atoms with Crippen molar-refractivity contribution in [2.45, 2.75) is 19.4 Å². The average molecular weight is 216 g/mol. The minimum atomic E-state index is 0.297. The monoisotopic (exact) mass is 216 g/mol. The number of fused-ring (bicyclic) bond motifs is 1. The lowest BCUT2D eigenvalue weighted by atomic mass is 10.2. The quantitative estimate of drug-likeness (QED) is 0.817. The van der Waals surface area contributed by atoms with Crippen molar-refractivity contribution >= 4 is 16.9 Å². The van der Waals surface area contributed by atoms with E-state index in [2.05, 4.69) is 22.2 Å². The van der Waals surface area contributed by atoms with Gasteiger partial charge in [0, 0.05) is 17.6 Å². The predicted octanol–water partition coefficient (Wildman–Crippen LogP) is 1.78. The number of nitrogens with zero attached hydrogens (tertiary/aromatic N) is 2. The van der Waals surface area contributed by atoms with Crippen LogP contribution in [0.3, 0.4) is 0 Å². The molecule has 0 aliphatic carbocycles. The lowest BCUT2D eigenvalue weighted by Crippen LogP contribution is -2.20. The maximum Gasteiger partial charge on any atom is 0.223 e. The van der Waals surface area contributed by atoms with Crippen LogP contribution >= 0.6 is 0 Å². The summed E-state index contributed by atoms with van der Waals surface area (Å²) in [5.74, 6) is 0.666. The molecule has 0 saturated heterocycles. The molecular formula is C12H16N4. The molecule has 4 heteroatoms. The first kappa shape index (κ1) is 10.8. The maximum absolute atomic E-state index is 5.49. The topological polar surface area (TPSA) is 63.8 Å². The number of nitrogens with one attached hydrogen (secondary N) is 1. The number of hydrogen-bond donors (Lipinski definition) is 2. The number of aromatic nitrogens is 2. The summed E-state index contributed by atoms with van der Waals surface area (Å²) >= 11 is 0. The predicted molar refractivity (Wildman–Crippen MR) is 66.3 cm³/mol. The van der Waals surface area contributed by atoms with E-state index in [-0.39, 0.29) is 0 Å².